The van der Waals surface area contributed by atoms with Crippen molar-refractivity contribution in [2.75, 3.05) is 19.7 Å². The fourth-order valence-corrected chi connectivity index (χ4v) is 2.88. The summed E-state index contributed by atoms with van der Waals surface area (Å²) >= 11 is 0. The molecule has 0 spiro atoms. The Morgan fingerprint density at radius 3 is 2.81 bits per heavy atom. The third-order valence-corrected chi connectivity index (χ3v) is 4.12. The topological polar surface area (TPSA) is 67.6 Å². The molecule has 1 heterocycles. The zero-order valence-corrected chi connectivity index (χ0v) is 12.7. The second kappa shape index (κ2) is 8.00. The summed E-state index contributed by atoms with van der Waals surface area (Å²) in [6.07, 6.45) is 5.15. The van der Waals surface area contributed by atoms with Gasteiger partial charge in [-0.25, -0.2) is 5.84 Å². The first-order chi connectivity index (χ1) is 10.2. The molecule has 1 aliphatic heterocycles. The number of carbonyl (C=O) groups excluding carboxylic acids is 1. The summed E-state index contributed by atoms with van der Waals surface area (Å²) in [6.45, 7) is 5.07. The van der Waals surface area contributed by atoms with Crippen LogP contribution in [0.1, 0.15) is 43.0 Å². The number of nitrogens with one attached hydrogen (secondary N) is 1. The molecule has 0 aliphatic carbocycles. The number of hydrazine groups is 1. The molecule has 1 aromatic rings. The summed E-state index contributed by atoms with van der Waals surface area (Å²) in [4.78, 5) is 13.9. The van der Waals surface area contributed by atoms with Gasteiger partial charge in [0.25, 0.3) is 5.91 Å². The van der Waals surface area contributed by atoms with Crippen LogP contribution in [0.5, 0.6) is 5.75 Å². The number of benzene rings is 1. The lowest BCUT2D eigenvalue weighted by molar-refractivity contribution is 0.0953. The van der Waals surface area contributed by atoms with Gasteiger partial charge >= 0.3 is 0 Å². The minimum atomic E-state index is -0.291. The van der Waals surface area contributed by atoms with Crippen LogP contribution in [-0.4, -0.2) is 36.5 Å². The number of amides is 1. The molecule has 1 aromatic carbocycles. The van der Waals surface area contributed by atoms with E-state index in [1.807, 2.05) is 0 Å². The molecule has 2 rings (SSSR count). The average Bonchev–Trinajstić information content (AvgIpc) is 2.55. The van der Waals surface area contributed by atoms with Gasteiger partial charge in [0.2, 0.25) is 0 Å². The van der Waals surface area contributed by atoms with Gasteiger partial charge in [-0.05, 0) is 50.1 Å². The van der Waals surface area contributed by atoms with Gasteiger partial charge in [-0.3, -0.25) is 15.1 Å². The van der Waals surface area contributed by atoms with Crippen LogP contribution in [0.15, 0.2) is 24.3 Å². The highest BCUT2D eigenvalue weighted by Crippen LogP contribution is 2.19. The van der Waals surface area contributed by atoms with Crippen molar-refractivity contribution in [3.63, 3.8) is 0 Å². The second-order valence-electron chi connectivity index (χ2n) is 5.44. The predicted molar refractivity (Wildman–Crippen MR) is 83.1 cm³/mol. The highest BCUT2D eigenvalue weighted by Gasteiger charge is 2.20. The molecular weight excluding hydrogens is 266 g/mol. The maximum atomic E-state index is 11.3. The van der Waals surface area contributed by atoms with Gasteiger partial charge in [-0.2, -0.15) is 0 Å². The summed E-state index contributed by atoms with van der Waals surface area (Å²) in [5.74, 6) is 5.59. The van der Waals surface area contributed by atoms with Gasteiger partial charge in [0.1, 0.15) is 12.4 Å². The number of rotatable bonds is 6. The number of hydrogen-bond donors (Lipinski definition) is 2. The van der Waals surface area contributed by atoms with Crippen molar-refractivity contribution in [3.8, 4) is 5.75 Å². The zero-order chi connectivity index (χ0) is 15.1. The quantitative estimate of drug-likeness (QED) is 0.477. The Balaban J connectivity index is 1.79. The third kappa shape index (κ3) is 4.44. The lowest BCUT2D eigenvalue weighted by Crippen LogP contribution is -2.41. The van der Waals surface area contributed by atoms with Crippen LogP contribution in [-0.2, 0) is 0 Å². The van der Waals surface area contributed by atoms with Crippen molar-refractivity contribution in [1.82, 2.24) is 10.3 Å². The molecular formula is C16H25N3O2. The minimum Gasteiger partial charge on any atom is -0.492 e. The molecule has 5 heteroatoms. The molecule has 0 bridgehead atoms. The van der Waals surface area contributed by atoms with Crippen LogP contribution < -0.4 is 16.0 Å². The Morgan fingerprint density at radius 1 is 1.38 bits per heavy atom. The largest absolute Gasteiger partial charge is 0.492 e. The van der Waals surface area contributed by atoms with E-state index in [2.05, 4.69) is 17.2 Å². The van der Waals surface area contributed by atoms with Crippen molar-refractivity contribution in [3.05, 3.63) is 29.8 Å². The summed E-state index contributed by atoms with van der Waals surface area (Å²) in [5.41, 5.74) is 2.65. The van der Waals surface area contributed by atoms with Crippen LogP contribution in [0.3, 0.4) is 0 Å². The molecule has 21 heavy (non-hydrogen) atoms. The Kier molecular flexibility index (Phi) is 6.02. The number of nitrogens with zero attached hydrogens (tertiary/aromatic N) is 1. The van der Waals surface area contributed by atoms with Crippen LogP contribution >= 0.6 is 0 Å². The van der Waals surface area contributed by atoms with Gasteiger partial charge in [-0.1, -0.05) is 13.3 Å². The number of likely N-dealkylation sites (tertiary alicyclic amines) is 1. The zero-order valence-electron chi connectivity index (χ0n) is 12.7. The standard InChI is InChI=1S/C16H25N3O2/c1-2-14-5-3-4-10-19(14)11-12-21-15-8-6-13(7-9-15)16(20)18-17/h6-9,14H,2-5,10-12,17H2,1H3,(H,18,20). The van der Waals surface area contributed by atoms with E-state index in [0.717, 1.165) is 12.3 Å². The average molecular weight is 291 g/mol. The molecule has 3 N–H and O–H groups in total. The molecule has 1 unspecified atom stereocenters. The molecule has 0 aromatic heterocycles. The van der Waals surface area contributed by atoms with Crippen molar-refractivity contribution in [1.29, 1.82) is 0 Å². The number of nitrogens with two attached hydrogens (primary N) is 1. The number of nitrogen functional groups attached to an aromatic ring is 1. The lowest BCUT2D eigenvalue weighted by Gasteiger charge is -2.34. The fourth-order valence-electron chi connectivity index (χ4n) is 2.88. The van der Waals surface area contributed by atoms with Crippen molar-refractivity contribution < 1.29 is 9.53 Å². The van der Waals surface area contributed by atoms with Crippen molar-refractivity contribution >= 4 is 5.91 Å². The molecule has 1 fully saturated rings. The normalized spacial score (nSPS) is 19.2. The number of ether oxygens (including phenoxy) is 1. The van der Waals surface area contributed by atoms with Crippen LogP contribution in [0.4, 0.5) is 0 Å². The lowest BCUT2D eigenvalue weighted by atomic mass is 10.0. The highest BCUT2D eigenvalue weighted by molar-refractivity contribution is 5.93. The first-order valence-corrected chi connectivity index (χ1v) is 7.72. The van der Waals surface area contributed by atoms with E-state index >= 15 is 0 Å². The van der Waals surface area contributed by atoms with E-state index in [4.69, 9.17) is 10.6 Å². The van der Waals surface area contributed by atoms with Gasteiger partial charge in [0.05, 0.1) is 0 Å². The van der Waals surface area contributed by atoms with E-state index in [-0.39, 0.29) is 5.91 Å². The monoisotopic (exact) mass is 291 g/mol. The Morgan fingerprint density at radius 2 is 2.14 bits per heavy atom. The maximum absolute atomic E-state index is 11.3. The first-order valence-electron chi connectivity index (χ1n) is 7.72. The number of piperidine rings is 1. The molecule has 0 radical (unpaired) electrons. The summed E-state index contributed by atoms with van der Waals surface area (Å²) < 4.78 is 5.77. The summed E-state index contributed by atoms with van der Waals surface area (Å²) in [7, 11) is 0. The SMILES string of the molecule is CCC1CCCCN1CCOc1ccc(C(=O)NN)cc1. The van der Waals surface area contributed by atoms with Crippen LogP contribution in [0.25, 0.3) is 0 Å². The van der Waals surface area contributed by atoms with E-state index in [9.17, 15) is 4.79 Å². The predicted octanol–water partition coefficient (Wildman–Crippen LogP) is 1.93. The van der Waals surface area contributed by atoms with E-state index in [0.29, 0.717) is 18.2 Å². The van der Waals surface area contributed by atoms with Gasteiger partial charge in [-0.15, -0.1) is 0 Å². The second-order valence-corrected chi connectivity index (χ2v) is 5.44. The van der Waals surface area contributed by atoms with Gasteiger partial charge in [0, 0.05) is 18.2 Å². The molecule has 5 nitrogen and oxygen atoms in total. The number of carbonyl (C=O) groups is 1. The summed E-state index contributed by atoms with van der Waals surface area (Å²) in [5, 5.41) is 0. The van der Waals surface area contributed by atoms with Crippen molar-refractivity contribution in [2.45, 2.75) is 38.6 Å². The summed E-state index contributed by atoms with van der Waals surface area (Å²) in [6, 6.07) is 7.74. The number of hydrogen-bond acceptors (Lipinski definition) is 4. The van der Waals surface area contributed by atoms with Crippen LogP contribution in [0.2, 0.25) is 0 Å². The third-order valence-electron chi connectivity index (χ3n) is 4.12. The minimum absolute atomic E-state index is 0.291. The first kappa shape index (κ1) is 15.8. The fraction of sp³-hybridized carbons (Fsp3) is 0.562. The molecule has 1 amide bonds. The Bertz CT molecular complexity index is 447. The molecule has 1 saturated heterocycles. The van der Waals surface area contributed by atoms with Crippen molar-refractivity contribution in [2.24, 2.45) is 5.84 Å². The molecule has 1 aliphatic rings. The molecule has 0 saturated carbocycles. The smallest absolute Gasteiger partial charge is 0.265 e. The Labute approximate surface area is 126 Å². The molecule has 1 atom stereocenters. The Hall–Kier alpha value is -1.59. The maximum Gasteiger partial charge on any atom is 0.265 e. The van der Waals surface area contributed by atoms with E-state index in [1.165, 1.54) is 32.2 Å². The van der Waals surface area contributed by atoms with Crippen LogP contribution in [0, 0.1) is 0 Å². The molecule has 116 valence electrons. The highest BCUT2D eigenvalue weighted by atomic mass is 16.5. The van der Waals surface area contributed by atoms with Gasteiger partial charge < -0.3 is 4.74 Å². The van der Waals surface area contributed by atoms with E-state index in [1.54, 1.807) is 24.3 Å². The van der Waals surface area contributed by atoms with E-state index < -0.39 is 0 Å². The van der Waals surface area contributed by atoms with Gasteiger partial charge in [0.15, 0.2) is 0 Å².